The molecule has 0 atom stereocenters. The van der Waals surface area contributed by atoms with Crippen LogP contribution in [0.25, 0.3) is 0 Å². The molecule has 2 rings (SSSR count). The van der Waals surface area contributed by atoms with Crippen LogP contribution in [-0.4, -0.2) is 19.3 Å². The molecule has 140 valence electrons. The van der Waals surface area contributed by atoms with Crippen molar-refractivity contribution in [2.24, 2.45) is 0 Å². The van der Waals surface area contributed by atoms with Gasteiger partial charge in [0.05, 0.1) is 0 Å². The topological polar surface area (TPSA) is 44.8 Å². The van der Waals surface area contributed by atoms with E-state index in [0.717, 1.165) is 30.3 Å². The van der Waals surface area contributed by atoms with E-state index in [4.69, 9.17) is 4.74 Å². The van der Waals surface area contributed by atoms with E-state index >= 15 is 0 Å². The molecule has 0 bridgehead atoms. The van der Waals surface area contributed by atoms with Crippen molar-refractivity contribution in [2.75, 3.05) is 0 Å². The SMILES string of the molecule is O=Cc1cc(OCc2ccc(OC(F)(F)F)c(F)c2)cc(OC(F)F)c1. The molecule has 0 unspecified atom stereocenters. The molecule has 2 aromatic carbocycles. The van der Waals surface area contributed by atoms with Crippen molar-refractivity contribution in [1.29, 1.82) is 0 Å². The van der Waals surface area contributed by atoms with Crippen molar-refractivity contribution in [3.8, 4) is 17.2 Å². The molecule has 26 heavy (non-hydrogen) atoms. The van der Waals surface area contributed by atoms with E-state index in [-0.39, 0.29) is 29.2 Å². The Morgan fingerprint density at radius 3 is 2.31 bits per heavy atom. The maximum atomic E-state index is 13.6. The molecule has 0 heterocycles. The van der Waals surface area contributed by atoms with Gasteiger partial charge in [-0.15, -0.1) is 13.2 Å². The first kappa shape index (κ1) is 19.4. The van der Waals surface area contributed by atoms with Crippen molar-refractivity contribution in [3.63, 3.8) is 0 Å². The second kappa shape index (κ2) is 7.98. The summed E-state index contributed by atoms with van der Waals surface area (Å²) >= 11 is 0. The maximum absolute atomic E-state index is 13.6. The first-order valence-corrected chi connectivity index (χ1v) is 6.88. The Morgan fingerprint density at radius 2 is 1.73 bits per heavy atom. The minimum absolute atomic E-state index is 0.00162. The summed E-state index contributed by atoms with van der Waals surface area (Å²) < 4.78 is 87.3. The molecule has 0 aliphatic carbocycles. The van der Waals surface area contributed by atoms with Crippen LogP contribution in [0.5, 0.6) is 17.2 Å². The van der Waals surface area contributed by atoms with Crippen LogP contribution in [-0.2, 0) is 6.61 Å². The molecule has 0 spiro atoms. The number of rotatable bonds is 7. The lowest BCUT2D eigenvalue weighted by Crippen LogP contribution is -2.18. The zero-order valence-corrected chi connectivity index (χ0v) is 12.7. The summed E-state index contributed by atoms with van der Waals surface area (Å²) in [4.78, 5) is 10.8. The molecular formula is C16H10F6O4. The van der Waals surface area contributed by atoms with Crippen LogP contribution in [0.3, 0.4) is 0 Å². The van der Waals surface area contributed by atoms with Crippen LogP contribution >= 0.6 is 0 Å². The number of benzene rings is 2. The third kappa shape index (κ3) is 5.87. The van der Waals surface area contributed by atoms with Gasteiger partial charge in [-0.1, -0.05) is 6.07 Å². The smallest absolute Gasteiger partial charge is 0.489 e. The first-order valence-electron chi connectivity index (χ1n) is 6.88. The van der Waals surface area contributed by atoms with Crippen LogP contribution in [0, 0.1) is 5.82 Å². The number of ether oxygens (including phenoxy) is 3. The Bertz CT molecular complexity index is 776. The first-order chi connectivity index (χ1) is 12.2. The van der Waals surface area contributed by atoms with Crippen LogP contribution in [0.1, 0.15) is 15.9 Å². The van der Waals surface area contributed by atoms with E-state index in [2.05, 4.69) is 9.47 Å². The van der Waals surface area contributed by atoms with Gasteiger partial charge in [-0.2, -0.15) is 8.78 Å². The normalized spacial score (nSPS) is 11.3. The molecule has 0 amide bonds. The average molecular weight is 380 g/mol. The zero-order valence-electron chi connectivity index (χ0n) is 12.7. The Hall–Kier alpha value is -2.91. The van der Waals surface area contributed by atoms with E-state index in [1.165, 1.54) is 6.07 Å². The molecular weight excluding hydrogens is 370 g/mol. The molecule has 0 N–H and O–H groups in total. The minimum atomic E-state index is -5.03. The minimum Gasteiger partial charge on any atom is -0.489 e. The van der Waals surface area contributed by atoms with E-state index in [9.17, 15) is 31.1 Å². The number of aldehydes is 1. The Labute approximate surface area is 142 Å². The Balaban J connectivity index is 2.10. The van der Waals surface area contributed by atoms with Gasteiger partial charge in [0.25, 0.3) is 0 Å². The van der Waals surface area contributed by atoms with E-state index in [0.29, 0.717) is 6.29 Å². The lowest BCUT2D eigenvalue weighted by Gasteiger charge is -2.12. The predicted molar refractivity (Wildman–Crippen MR) is 75.9 cm³/mol. The third-order valence-corrected chi connectivity index (χ3v) is 2.89. The van der Waals surface area contributed by atoms with Crippen molar-refractivity contribution in [1.82, 2.24) is 0 Å². The molecule has 0 saturated carbocycles. The fourth-order valence-corrected chi connectivity index (χ4v) is 1.92. The summed E-state index contributed by atoms with van der Waals surface area (Å²) in [5.74, 6) is -2.61. The summed E-state index contributed by atoms with van der Waals surface area (Å²) in [7, 11) is 0. The van der Waals surface area contributed by atoms with E-state index in [1.807, 2.05) is 0 Å². The van der Waals surface area contributed by atoms with Crippen molar-refractivity contribution in [3.05, 3.63) is 53.3 Å². The van der Waals surface area contributed by atoms with Crippen molar-refractivity contribution >= 4 is 6.29 Å². The van der Waals surface area contributed by atoms with Crippen LogP contribution in [0.2, 0.25) is 0 Å². The Kier molecular flexibility index (Phi) is 5.96. The van der Waals surface area contributed by atoms with Crippen molar-refractivity contribution < 1.29 is 45.3 Å². The van der Waals surface area contributed by atoms with Crippen LogP contribution in [0.4, 0.5) is 26.3 Å². The lowest BCUT2D eigenvalue weighted by atomic mass is 10.2. The largest absolute Gasteiger partial charge is 0.573 e. The van der Waals surface area contributed by atoms with Gasteiger partial charge >= 0.3 is 13.0 Å². The van der Waals surface area contributed by atoms with Gasteiger partial charge in [0.15, 0.2) is 11.6 Å². The highest BCUT2D eigenvalue weighted by Gasteiger charge is 2.32. The number of carbonyl (C=O) groups excluding carboxylic acids is 1. The van der Waals surface area contributed by atoms with Gasteiger partial charge in [0.1, 0.15) is 24.4 Å². The van der Waals surface area contributed by atoms with Crippen molar-refractivity contribution in [2.45, 2.75) is 19.6 Å². The summed E-state index contributed by atoms with van der Waals surface area (Å²) in [5, 5.41) is 0. The molecule has 0 fully saturated rings. The number of alkyl halides is 5. The quantitative estimate of drug-likeness (QED) is 0.515. The van der Waals surface area contributed by atoms with Gasteiger partial charge in [0.2, 0.25) is 0 Å². The molecule has 0 saturated heterocycles. The number of hydrogen-bond acceptors (Lipinski definition) is 4. The predicted octanol–water partition coefficient (Wildman–Crippen LogP) is 4.72. The lowest BCUT2D eigenvalue weighted by molar-refractivity contribution is -0.275. The summed E-state index contributed by atoms with van der Waals surface area (Å²) in [5.41, 5.74) is 0.142. The fourth-order valence-electron chi connectivity index (χ4n) is 1.92. The Morgan fingerprint density at radius 1 is 1.04 bits per heavy atom. The molecule has 10 heteroatoms. The standard InChI is InChI=1S/C16H10F6O4/c17-13-5-9(1-2-14(13)26-16(20,21)22)8-24-11-3-10(7-23)4-12(6-11)25-15(18)19/h1-7,15H,8H2. The number of carbonyl (C=O) groups is 1. The monoisotopic (exact) mass is 380 g/mol. The van der Waals surface area contributed by atoms with Gasteiger partial charge in [-0.3, -0.25) is 4.79 Å². The summed E-state index contributed by atoms with van der Waals surface area (Å²) in [6.07, 6.45) is -4.65. The highest BCUT2D eigenvalue weighted by Crippen LogP contribution is 2.27. The average Bonchev–Trinajstić information content (AvgIpc) is 2.53. The second-order valence-electron chi connectivity index (χ2n) is 4.84. The molecule has 0 aliphatic rings. The van der Waals surface area contributed by atoms with Crippen LogP contribution in [0.15, 0.2) is 36.4 Å². The molecule has 2 aromatic rings. The van der Waals surface area contributed by atoms with Gasteiger partial charge < -0.3 is 14.2 Å². The number of halogens is 6. The van der Waals surface area contributed by atoms with Gasteiger partial charge in [0, 0.05) is 11.6 Å². The maximum Gasteiger partial charge on any atom is 0.573 e. The summed E-state index contributed by atoms with van der Waals surface area (Å²) in [6.45, 7) is -3.42. The van der Waals surface area contributed by atoms with Gasteiger partial charge in [-0.05, 0) is 29.8 Å². The molecule has 4 nitrogen and oxygen atoms in total. The zero-order chi connectivity index (χ0) is 19.3. The van der Waals surface area contributed by atoms with E-state index in [1.54, 1.807) is 0 Å². The van der Waals surface area contributed by atoms with Crippen LogP contribution < -0.4 is 14.2 Å². The van der Waals surface area contributed by atoms with Gasteiger partial charge in [-0.25, -0.2) is 4.39 Å². The second-order valence-corrected chi connectivity index (χ2v) is 4.84. The molecule has 0 radical (unpaired) electrons. The van der Waals surface area contributed by atoms with E-state index < -0.39 is 24.5 Å². The fraction of sp³-hybridized carbons (Fsp3) is 0.188. The summed E-state index contributed by atoms with van der Waals surface area (Å²) in [6, 6.07) is 6.04. The molecule has 0 aromatic heterocycles. The molecule has 0 aliphatic heterocycles. The highest BCUT2D eigenvalue weighted by molar-refractivity contribution is 5.76. The third-order valence-electron chi connectivity index (χ3n) is 2.89. The highest BCUT2D eigenvalue weighted by atomic mass is 19.4. The number of hydrogen-bond donors (Lipinski definition) is 0.